The average Bonchev–Trinajstić information content (AvgIpc) is 2.56. The molecular formula is C12H11NS3. The number of nitriles is 1. The van der Waals surface area contributed by atoms with Gasteiger partial charge in [-0.1, -0.05) is 30.3 Å². The van der Waals surface area contributed by atoms with Crippen LogP contribution in [-0.2, 0) is 0 Å². The normalized spacial score (nSPS) is 16.7. The zero-order chi connectivity index (χ0) is 11.2. The predicted molar refractivity (Wildman–Crippen MR) is 76.1 cm³/mol. The third-order valence-electron chi connectivity index (χ3n) is 2.13. The number of thiocyanates is 1. The molecule has 0 radical (unpaired) electrons. The van der Waals surface area contributed by atoms with Gasteiger partial charge in [0.1, 0.15) is 5.40 Å². The minimum absolute atomic E-state index is 1.12. The summed E-state index contributed by atoms with van der Waals surface area (Å²) in [6, 6.07) is 10.4. The van der Waals surface area contributed by atoms with Gasteiger partial charge < -0.3 is 0 Å². The van der Waals surface area contributed by atoms with Gasteiger partial charge in [0.05, 0.1) is 4.24 Å². The van der Waals surface area contributed by atoms with E-state index in [-0.39, 0.29) is 0 Å². The molecule has 1 aliphatic heterocycles. The van der Waals surface area contributed by atoms with E-state index in [0.29, 0.717) is 0 Å². The second-order valence-corrected chi connectivity index (χ2v) is 6.49. The van der Waals surface area contributed by atoms with Crippen LogP contribution in [0.4, 0.5) is 0 Å². The topological polar surface area (TPSA) is 23.8 Å². The summed E-state index contributed by atoms with van der Waals surface area (Å²) in [6.45, 7) is 0. The summed E-state index contributed by atoms with van der Waals surface area (Å²) in [4.78, 5) is 1.27. The molecule has 2 rings (SSSR count). The van der Waals surface area contributed by atoms with Crippen molar-refractivity contribution in [3.05, 3.63) is 40.1 Å². The Hall–Kier alpha value is -0.500. The van der Waals surface area contributed by atoms with E-state index in [2.05, 4.69) is 17.5 Å². The monoisotopic (exact) mass is 265 g/mol. The molecule has 0 bridgehead atoms. The van der Waals surface area contributed by atoms with Crippen LogP contribution in [0.3, 0.4) is 0 Å². The number of hydrogen-bond donors (Lipinski definition) is 0. The number of rotatable bonds is 2. The van der Waals surface area contributed by atoms with E-state index in [1.54, 1.807) is 0 Å². The third kappa shape index (κ3) is 3.00. The summed E-state index contributed by atoms with van der Waals surface area (Å²) in [7, 11) is 0. The Labute approximate surface area is 109 Å². The summed E-state index contributed by atoms with van der Waals surface area (Å²) in [6.07, 6.45) is 1.21. The van der Waals surface area contributed by atoms with Crippen molar-refractivity contribution in [2.45, 2.75) is 6.42 Å². The zero-order valence-corrected chi connectivity index (χ0v) is 11.1. The summed E-state index contributed by atoms with van der Waals surface area (Å²) in [5.74, 6) is 2.26. The van der Waals surface area contributed by atoms with E-state index >= 15 is 0 Å². The molecule has 1 heterocycles. The van der Waals surface area contributed by atoms with Crippen molar-refractivity contribution in [3.63, 3.8) is 0 Å². The van der Waals surface area contributed by atoms with E-state index in [0.717, 1.165) is 15.7 Å². The van der Waals surface area contributed by atoms with Gasteiger partial charge in [0.2, 0.25) is 0 Å². The van der Waals surface area contributed by atoms with Crippen LogP contribution in [0.15, 0.2) is 34.6 Å². The maximum atomic E-state index is 8.83. The van der Waals surface area contributed by atoms with E-state index in [1.165, 1.54) is 28.7 Å². The van der Waals surface area contributed by atoms with Crippen LogP contribution >= 0.6 is 35.3 Å². The lowest BCUT2D eigenvalue weighted by Crippen LogP contribution is -1.82. The molecule has 0 saturated heterocycles. The van der Waals surface area contributed by atoms with E-state index in [1.807, 2.05) is 41.7 Å². The van der Waals surface area contributed by atoms with Gasteiger partial charge in [-0.05, 0) is 35.3 Å². The molecule has 0 atom stereocenters. The molecule has 0 spiro atoms. The minimum Gasteiger partial charge on any atom is -0.185 e. The van der Waals surface area contributed by atoms with Crippen molar-refractivity contribution < 1.29 is 0 Å². The molecule has 0 amide bonds. The van der Waals surface area contributed by atoms with Crippen LogP contribution in [0.25, 0.3) is 4.91 Å². The molecule has 0 aliphatic carbocycles. The first-order valence-electron chi connectivity index (χ1n) is 5.03. The lowest BCUT2D eigenvalue weighted by molar-refractivity contribution is 1.13. The van der Waals surface area contributed by atoms with Crippen LogP contribution < -0.4 is 0 Å². The highest BCUT2D eigenvalue weighted by Gasteiger charge is 2.14. The summed E-state index contributed by atoms with van der Waals surface area (Å²) < 4.78 is 1.16. The third-order valence-corrected chi connectivity index (χ3v) is 5.65. The van der Waals surface area contributed by atoms with E-state index in [4.69, 9.17) is 5.26 Å². The maximum Gasteiger partial charge on any atom is 0.139 e. The Bertz CT molecular complexity index is 420. The lowest BCUT2D eigenvalue weighted by Gasteiger charge is -2.08. The fourth-order valence-corrected chi connectivity index (χ4v) is 4.80. The van der Waals surface area contributed by atoms with Crippen molar-refractivity contribution in [2.75, 3.05) is 11.5 Å². The van der Waals surface area contributed by atoms with Gasteiger partial charge in [0.15, 0.2) is 0 Å². The van der Waals surface area contributed by atoms with Crippen LogP contribution in [0.1, 0.15) is 12.0 Å². The van der Waals surface area contributed by atoms with Crippen molar-refractivity contribution in [2.24, 2.45) is 0 Å². The molecule has 0 saturated carbocycles. The van der Waals surface area contributed by atoms with Gasteiger partial charge in [-0.2, -0.15) is 5.26 Å². The quantitative estimate of drug-likeness (QED) is 0.740. The summed E-state index contributed by atoms with van der Waals surface area (Å²) in [5, 5.41) is 11.0. The number of benzene rings is 1. The zero-order valence-electron chi connectivity index (χ0n) is 8.68. The van der Waals surface area contributed by atoms with Gasteiger partial charge in [-0.25, -0.2) is 0 Å². The van der Waals surface area contributed by atoms with Gasteiger partial charge >= 0.3 is 0 Å². The molecule has 0 aromatic heterocycles. The van der Waals surface area contributed by atoms with Crippen LogP contribution in [0, 0.1) is 10.7 Å². The van der Waals surface area contributed by atoms with Gasteiger partial charge in [0.25, 0.3) is 0 Å². The average molecular weight is 265 g/mol. The molecule has 1 aromatic rings. The number of nitrogens with zero attached hydrogens (tertiary/aromatic N) is 1. The molecule has 1 aromatic carbocycles. The first kappa shape index (κ1) is 12.0. The van der Waals surface area contributed by atoms with Crippen LogP contribution in [0.5, 0.6) is 0 Å². The van der Waals surface area contributed by atoms with Gasteiger partial charge in [0, 0.05) is 4.91 Å². The van der Waals surface area contributed by atoms with Gasteiger partial charge in [-0.15, -0.1) is 23.5 Å². The largest absolute Gasteiger partial charge is 0.185 e. The standard InChI is InChI=1S/C12H11NS3/c13-9-16-12-11(14-7-4-8-15-12)10-5-2-1-3-6-10/h1-3,5-6H,4,7-8H2. The Balaban J connectivity index is 2.36. The molecule has 82 valence electrons. The minimum atomic E-state index is 1.12. The predicted octanol–water partition coefficient (Wildman–Crippen LogP) is 4.40. The molecule has 1 aliphatic rings. The second kappa shape index (κ2) is 6.29. The van der Waals surface area contributed by atoms with Crippen molar-refractivity contribution in [3.8, 4) is 5.40 Å². The second-order valence-electron chi connectivity index (χ2n) is 3.23. The number of hydrogen-bond acceptors (Lipinski definition) is 4. The molecule has 16 heavy (non-hydrogen) atoms. The highest BCUT2D eigenvalue weighted by Crippen LogP contribution is 2.44. The number of thioether (sulfide) groups is 3. The molecule has 4 heteroatoms. The van der Waals surface area contributed by atoms with Crippen molar-refractivity contribution in [1.29, 1.82) is 5.26 Å². The molecule has 1 nitrogen and oxygen atoms in total. The van der Waals surface area contributed by atoms with Crippen LogP contribution in [0.2, 0.25) is 0 Å². The maximum absolute atomic E-state index is 8.83. The Morgan fingerprint density at radius 1 is 1.12 bits per heavy atom. The van der Waals surface area contributed by atoms with Crippen LogP contribution in [-0.4, -0.2) is 11.5 Å². The fraction of sp³-hybridized carbons (Fsp3) is 0.250. The smallest absolute Gasteiger partial charge is 0.139 e. The van der Waals surface area contributed by atoms with Gasteiger partial charge in [-0.3, -0.25) is 0 Å². The Kier molecular flexibility index (Phi) is 4.70. The Morgan fingerprint density at radius 2 is 1.88 bits per heavy atom. The lowest BCUT2D eigenvalue weighted by atomic mass is 10.2. The summed E-state index contributed by atoms with van der Waals surface area (Å²) in [5.41, 5.74) is 1.24. The molecule has 0 fully saturated rings. The SMILES string of the molecule is N#CSC1=C(c2ccccc2)SCCCS1. The highest BCUT2D eigenvalue weighted by atomic mass is 32.2. The summed E-state index contributed by atoms with van der Waals surface area (Å²) >= 11 is 4.98. The van der Waals surface area contributed by atoms with Crippen molar-refractivity contribution >= 4 is 40.2 Å². The highest BCUT2D eigenvalue weighted by molar-refractivity contribution is 8.26. The van der Waals surface area contributed by atoms with E-state index < -0.39 is 0 Å². The van der Waals surface area contributed by atoms with E-state index in [9.17, 15) is 0 Å². The molecule has 0 unspecified atom stereocenters. The molecular weight excluding hydrogens is 254 g/mol. The van der Waals surface area contributed by atoms with Crippen molar-refractivity contribution in [1.82, 2.24) is 0 Å². The first-order valence-corrected chi connectivity index (χ1v) is 7.82. The first-order chi connectivity index (χ1) is 7.92. The fourth-order valence-electron chi connectivity index (χ4n) is 1.43. The Morgan fingerprint density at radius 3 is 2.62 bits per heavy atom. The molecule has 0 N–H and O–H groups in total.